The van der Waals surface area contributed by atoms with E-state index in [2.05, 4.69) is 23.9 Å². The molecule has 1 aromatic rings. The highest BCUT2D eigenvalue weighted by molar-refractivity contribution is 5.71. The van der Waals surface area contributed by atoms with E-state index < -0.39 is 5.97 Å². The first-order valence-electron chi connectivity index (χ1n) is 6.65. The fourth-order valence-electron chi connectivity index (χ4n) is 2.95. The number of nitrogens with zero attached hydrogens (tertiary/aromatic N) is 3. The van der Waals surface area contributed by atoms with E-state index in [-0.39, 0.29) is 11.8 Å². The maximum atomic E-state index is 11.3. The molecule has 0 radical (unpaired) electrons. The van der Waals surface area contributed by atoms with Crippen LogP contribution in [-0.4, -0.2) is 25.8 Å². The summed E-state index contributed by atoms with van der Waals surface area (Å²) >= 11 is 0. The molecule has 3 unspecified atom stereocenters. The zero-order valence-electron chi connectivity index (χ0n) is 11.3. The smallest absolute Gasteiger partial charge is 0.307 e. The molecule has 1 heterocycles. The third kappa shape index (κ3) is 2.40. The van der Waals surface area contributed by atoms with Gasteiger partial charge in [-0.25, -0.2) is 4.98 Å². The summed E-state index contributed by atoms with van der Waals surface area (Å²) in [4.78, 5) is 15.9. The first-order chi connectivity index (χ1) is 8.52. The molecule has 5 heteroatoms. The second-order valence-corrected chi connectivity index (χ2v) is 5.39. The topological polar surface area (TPSA) is 68.0 Å². The second-order valence-electron chi connectivity index (χ2n) is 5.39. The number of carboxylic acid groups (broad SMARTS) is 1. The number of aliphatic carboxylic acids is 1. The van der Waals surface area contributed by atoms with Crippen LogP contribution < -0.4 is 0 Å². The van der Waals surface area contributed by atoms with Crippen LogP contribution in [-0.2, 0) is 18.3 Å². The van der Waals surface area contributed by atoms with Crippen LogP contribution >= 0.6 is 0 Å². The minimum atomic E-state index is -0.704. The maximum absolute atomic E-state index is 11.3. The number of rotatable bonds is 4. The van der Waals surface area contributed by atoms with Crippen molar-refractivity contribution in [2.75, 3.05) is 0 Å². The minimum Gasteiger partial charge on any atom is -0.481 e. The van der Waals surface area contributed by atoms with Gasteiger partial charge in [-0.05, 0) is 25.2 Å². The number of hydrogen-bond acceptors (Lipinski definition) is 3. The first-order valence-corrected chi connectivity index (χ1v) is 6.65. The Labute approximate surface area is 107 Å². The number of aromatic nitrogens is 3. The van der Waals surface area contributed by atoms with Crippen molar-refractivity contribution < 1.29 is 9.90 Å². The molecule has 3 atom stereocenters. The van der Waals surface area contributed by atoms with Crippen LogP contribution in [0.1, 0.15) is 50.7 Å². The number of hydrogen-bond donors (Lipinski definition) is 1. The van der Waals surface area contributed by atoms with Crippen LogP contribution in [0.4, 0.5) is 0 Å². The van der Waals surface area contributed by atoms with Crippen molar-refractivity contribution in [3.8, 4) is 0 Å². The SMILES string of the molecule is CCCc1nc(C2CC(C)CC2C(=O)O)n(C)n1. The van der Waals surface area contributed by atoms with Gasteiger partial charge in [-0.1, -0.05) is 13.8 Å². The third-order valence-electron chi connectivity index (χ3n) is 3.76. The molecule has 1 saturated carbocycles. The lowest BCUT2D eigenvalue weighted by atomic mass is 9.95. The summed E-state index contributed by atoms with van der Waals surface area (Å²) in [6.45, 7) is 4.20. The van der Waals surface area contributed by atoms with Crippen LogP contribution in [0.2, 0.25) is 0 Å². The van der Waals surface area contributed by atoms with Gasteiger partial charge in [0.05, 0.1) is 5.92 Å². The Morgan fingerprint density at radius 2 is 2.22 bits per heavy atom. The van der Waals surface area contributed by atoms with E-state index in [1.165, 1.54) is 0 Å². The zero-order valence-corrected chi connectivity index (χ0v) is 11.3. The highest BCUT2D eigenvalue weighted by atomic mass is 16.4. The van der Waals surface area contributed by atoms with Crippen molar-refractivity contribution >= 4 is 5.97 Å². The lowest BCUT2D eigenvalue weighted by Gasteiger charge is -2.14. The summed E-state index contributed by atoms with van der Waals surface area (Å²) < 4.78 is 1.77. The lowest BCUT2D eigenvalue weighted by Crippen LogP contribution is -2.19. The normalized spacial score (nSPS) is 27.6. The molecule has 0 spiro atoms. The molecule has 18 heavy (non-hydrogen) atoms. The molecule has 1 aliphatic carbocycles. The summed E-state index contributed by atoms with van der Waals surface area (Å²) in [6.07, 6.45) is 3.51. The van der Waals surface area contributed by atoms with Gasteiger partial charge in [0.1, 0.15) is 5.82 Å². The largest absolute Gasteiger partial charge is 0.481 e. The molecule has 0 bridgehead atoms. The van der Waals surface area contributed by atoms with E-state index in [0.717, 1.165) is 37.3 Å². The van der Waals surface area contributed by atoms with Crippen molar-refractivity contribution in [3.63, 3.8) is 0 Å². The Bertz CT molecular complexity index is 441. The summed E-state index contributed by atoms with van der Waals surface area (Å²) in [7, 11) is 1.86. The number of aryl methyl sites for hydroxylation is 2. The van der Waals surface area contributed by atoms with Crippen molar-refractivity contribution in [1.29, 1.82) is 0 Å². The van der Waals surface area contributed by atoms with Crippen LogP contribution in [0.3, 0.4) is 0 Å². The summed E-state index contributed by atoms with van der Waals surface area (Å²) in [6, 6.07) is 0. The summed E-state index contributed by atoms with van der Waals surface area (Å²) in [5.41, 5.74) is 0. The Morgan fingerprint density at radius 3 is 2.83 bits per heavy atom. The van der Waals surface area contributed by atoms with Gasteiger partial charge in [0.25, 0.3) is 0 Å². The molecule has 2 rings (SSSR count). The predicted octanol–water partition coefficient (Wildman–Crippen LogP) is 1.98. The molecular weight excluding hydrogens is 230 g/mol. The average Bonchev–Trinajstić information content (AvgIpc) is 2.82. The van der Waals surface area contributed by atoms with E-state index >= 15 is 0 Å². The van der Waals surface area contributed by atoms with Crippen molar-refractivity contribution in [1.82, 2.24) is 14.8 Å². The Balaban J connectivity index is 2.26. The Hall–Kier alpha value is -1.39. The first kappa shape index (κ1) is 13.1. The predicted molar refractivity (Wildman–Crippen MR) is 67.3 cm³/mol. The van der Waals surface area contributed by atoms with Crippen LogP contribution in [0.25, 0.3) is 0 Å². The molecule has 0 amide bonds. The molecule has 1 aromatic heterocycles. The number of carboxylic acids is 1. The van der Waals surface area contributed by atoms with E-state index in [9.17, 15) is 9.90 Å². The van der Waals surface area contributed by atoms with Gasteiger partial charge in [-0.3, -0.25) is 9.48 Å². The molecule has 1 N–H and O–H groups in total. The maximum Gasteiger partial charge on any atom is 0.307 e. The molecule has 1 fully saturated rings. The molecule has 5 nitrogen and oxygen atoms in total. The van der Waals surface area contributed by atoms with E-state index in [4.69, 9.17) is 0 Å². The van der Waals surface area contributed by atoms with Crippen LogP contribution in [0.15, 0.2) is 0 Å². The quantitative estimate of drug-likeness (QED) is 0.888. The monoisotopic (exact) mass is 251 g/mol. The number of carbonyl (C=O) groups is 1. The zero-order chi connectivity index (χ0) is 13.3. The second kappa shape index (κ2) is 5.08. The fraction of sp³-hybridized carbons (Fsp3) is 0.769. The highest BCUT2D eigenvalue weighted by Gasteiger charge is 2.40. The van der Waals surface area contributed by atoms with Gasteiger partial charge in [-0.15, -0.1) is 0 Å². The molecule has 0 saturated heterocycles. The van der Waals surface area contributed by atoms with Crippen molar-refractivity contribution in [2.24, 2.45) is 18.9 Å². The molecule has 0 aromatic carbocycles. The van der Waals surface area contributed by atoms with Gasteiger partial charge in [0.15, 0.2) is 5.82 Å². The molecule has 1 aliphatic rings. The Kier molecular flexibility index (Phi) is 3.68. The van der Waals surface area contributed by atoms with E-state index in [0.29, 0.717) is 5.92 Å². The summed E-state index contributed by atoms with van der Waals surface area (Å²) in [5, 5.41) is 13.7. The summed E-state index contributed by atoms with van der Waals surface area (Å²) in [5.74, 6) is 1.12. The standard InChI is InChI=1S/C13H21N3O2/c1-4-5-11-14-12(16(3)15-11)9-6-8(2)7-10(9)13(17)18/h8-10H,4-7H2,1-3H3,(H,17,18). The van der Waals surface area contributed by atoms with Crippen LogP contribution in [0, 0.1) is 11.8 Å². The fourth-order valence-corrected chi connectivity index (χ4v) is 2.95. The highest BCUT2D eigenvalue weighted by Crippen LogP contribution is 2.42. The van der Waals surface area contributed by atoms with Crippen molar-refractivity contribution in [3.05, 3.63) is 11.6 Å². The van der Waals surface area contributed by atoms with Crippen molar-refractivity contribution in [2.45, 2.75) is 45.4 Å². The lowest BCUT2D eigenvalue weighted by molar-refractivity contribution is -0.142. The van der Waals surface area contributed by atoms with Gasteiger partial charge in [-0.2, -0.15) is 5.10 Å². The van der Waals surface area contributed by atoms with E-state index in [1.54, 1.807) is 4.68 Å². The van der Waals surface area contributed by atoms with Crippen LogP contribution in [0.5, 0.6) is 0 Å². The van der Waals surface area contributed by atoms with Gasteiger partial charge in [0, 0.05) is 19.4 Å². The third-order valence-corrected chi connectivity index (χ3v) is 3.76. The van der Waals surface area contributed by atoms with E-state index in [1.807, 2.05) is 7.05 Å². The average molecular weight is 251 g/mol. The van der Waals surface area contributed by atoms with Gasteiger partial charge >= 0.3 is 5.97 Å². The molecule has 0 aliphatic heterocycles. The minimum absolute atomic E-state index is 0.0145. The van der Waals surface area contributed by atoms with Gasteiger partial charge in [0.2, 0.25) is 0 Å². The Morgan fingerprint density at radius 1 is 1.50 bits per heavy atom. The molecular formula is C13H21N3O2. The molecule has 100 valence electrons. The van der Waals surface area contributed by atoms with Gasteiger partial charge < -0.3 is 5.11 Å².